The fourth-order valence-corrected chi connectivity index (χ4v) is 3.68. The zero-order chi connectivity index (χ0) is 17.2. The Bertz CT molecular complexity index is 1050. The third-order valence-corrected chi connectivity index (χ3v) is 4.97. The fourth-order valence-electron chi connectivity index (χ4n) is 2.80. The Morgan fingerprint density at radius 1 is 1.08 bits per heavy atom. The molecule has 0 aliphatic rings. The predicted octanol–water partition coefficient (Wildman–Crippen LogP) is 4.85. The number of thiazole rings is 1. The Hall–Kier alpha value is -2.76. The molecule has 0 unspecified atom stereocenters. The van der Waals surface area contributed by atoms with Crippen LogP contribution in [0.15, 0.2) is 60.7 Å². The number of carbonyl (C=O) groups is 1. The highest BCUT2D eigenvalue weighted by Gasteiger charge is 2.11. The van der Waals surface area contributed by atoms with Gasteiger partial charge in [-0.05, 0) is 29.1 Å². The molecule has 0 fully saturated rings. The molecule has 0 atom stereocenters. The molecule has 0 saturated carbocycles. The van der Waals surface area contributed by atoms with Gasteiger partial charge in [0.1, 0.15) is 0 Å². The quantitative estimate of drug-likeness (QED) is 0.574. The van der Waals surface area contributed by atoms with E-state index in [1.54, 1.807) is 19.2 Å². The summed E-state index contributed by atoms with van der Waals surface area (Å²) in [5, 5.41) is 5.75. The minimum Gasteiger partial charge on any atom is -0.380 e. The first-order valence-electron chi connectivity index (χ1n) is 7.92. The van der Waals surface area contributed by atoms with Crippen molar-refractivity contribution in [2.45, 2.75) is 6.61 Å². The molecule has 4 rings (SSSR count). The van der Waals surface area contributed by atoms with Crippen molar-refractivity contribution in [3.05, 3.63) is 71.8 Å². The van der Waals surface area contributed by atoms with E-state index in [2.05, 4.69) is 28.5 Å². The molecule has 25 heavy (non-hydrogen) atoms. The average Bonchev–Trinajstić information content (AvgIpc) is 3.05. The van der Waals surface area contributed by atoms with E-state index >= 15 is 0 Å². The molecule has 1 aromatic heterocycles. The lowest BCUT2D eigenvalue weighted by molar-refractivity contribution is 0.102. The first-order valence-corrected chi connectivity index (χ1v) is 8.74. The topological polar surface area (TPSA) is 51.2 Å². The molecule has 5 heteroatoms. The number of methoxy groups -OCH3 is 1. The summed E-state index contributed by atoms with van der Waals surface area (Å²) < 4.78 is 6.14. The molecule has 0 saturated heterocycles. The van der Waals surface area contributed by atoms with Gasteiger partial charge in [0.25, 0.3) is 5.91 Å². The van der Waals surface area contributed by atoms with Crippen molar-refractivity contribution in [3.8, 4) is 0 Å². The normalized spacial score (nSPS) is 11.1. The van der Waals surface area contributed by atoms with Crippen LogP contribution in [0, 0.1) is 0 Å². The standard InChI is InChI=1S/C20H16N2O2S/c1-24-12-13-6-8-15(9-7-13)19(23)22-20-21-18-16-5-3-2-4-14(16)10-11-17(18)25-20/h2-11H,12H2,1H3,(H,21,22,23). The van der Waals surface area contributed by atoms with Gasteiger partial charge in [-0.2, -0.15) is 0 Å². The van der Waals surface area contributed by atoms with Crippen molar-refractivity contribution >= 4 is 43.4 Å². The SMILES string of the molecule is COCc1ccc(C(=O)Nc2nc3c(ccc4ccccc43)s2)cc1. The molecule has 0 aliphatic carbocycles. The minimum atomic E-state index is -0.160. The van der Waals surface area contributed by atoms with E-state index in [9.17, 15) is 4.79 Å². The summed E-state index contributed by atoms with van der Waals surface area (Å²) in [5.41, 5.74) is 2.56. The number of aromatic nitrogens is 1. The van der Waals surface area contributed by atoms with Crippen LogP contribution in [-0.2, 0) is 11.3 Å². The summed E-state index contributed by atoms with van der Waals surface area (Å²) >= 11 is 1.48. The van der Waals surface area contributed by atoms with Crippen LogP contribution in [0.4, 0.5) is 5.13 Å². The zero-order valence-electron chi connectivity index (χ0n) is 13.7. The van der Waals surface area contributed by atoms with Crippen molar-refractivity contribution in [3.63, 3.8) is 0 Å². The molecular formula is C20H16N2O2S. The molecule has 0 bridgehead atoms. The molecule has 1 N–H and O–H groups in total. The number of benzene rings is 3. The number of hydrogen-bond donors (Lipinski definition) is 1. The number of rotatable bonds is 4. The van der Waals surface area contributed by atoms with E-state index in [-0.39, 0.29) is 5.91 Å². The molecule has 1 heterocycles. The number of fused-ring (bicyclic) bond motifs is 3. The van der Waals surface area contributed by atoms with Crippen LogP contribution in [0.2, 0.25) is 0 Å². The van der Waals surface area contributed by atoms with Crippen LogP contribution in [0.5, 0.6) is 0 Å². The second-order valence-corrected chi connectivity index (χ2v) is 6.77. The van der Waals surface area contributed by atoms with Crippen molar-refractivity contribution in [1.29, 1.82) is 0 Å². The van der Waals surface area contributed by atoms with Gasteiger partial charge in [0.2, 0.25) is 0 Å². The van der Waals surface area contributed by atoms with Crippen molar-refractivity contribution in [1.82, 2.24) is 4.98 Å². The van der Waals surface area contributed by atoms with Gasteiger partial charge < -0.3 is 4.74 Å². The maximum atomic E-state index is 12.4. The molecule has 3 aromatic carbocycles. The number of hydrogen-bond acceptors (Lipinski definition) is 4. The van der Waals surface area contributed by atoms with Crippen LogP contribution >= 0.6 is 11.3 Å². The van der Waals surface area contributed by atoms with Gasteiger partial charge in [-0.25, -0.2) is 4.98 Å². The molecule has 0 aliphatic heterocycles. The Labute approximate surface area is 149 Å². The van der Waals surface area contributed by atoms with Crippen molar-refractivity contribution in [2.75, 3.05) is 12.4 Å². The number of nitrogens with one attached hydrogen (secondary N) is 1. The largest absolute Gasteiger partial charge is 0.380 e. The fraction of sp³-hybridized carbons (Fsp3) is 0.100. The molecule has 4 nitrogen and oxygen atoms in total. The van der Waals surface area contributed by atoms with Gasteiger partial charge in [-0.1, -0.05) is 53.8 Å². The zero-order valence-corrected chi connectivity index (χ0v) is 14.5. The molecule has 4 aromatic rings. The predicted molar refractivity (Wildman–Crippen MR) is 102 cm³/mol. The highest BCUT2D eigenvalue weighted by Crippen LogP contribution is 2.31. The summed E-state index contributed by atoms with van der Waals surface area (Å²) in [6.45, 7) is 0.535. The number of ether oxygens (including phenoxy) is 1. The summed E-state index contributed by atoms with van der Waals surface area (Å²) in [6.07, 6.45) is 0. The highest BCUT2D eigenvalue weighted by molar-refractivity contribution is 7.22. The van der Waals surface area contributed by atoms with Crippen LogP contribution in [0.1, 0.15) is 15.9 Å². The van der Waals surface area contributed by atoms with Crippen LogP contribution in [0.3, 0.4) is 0 Å². The van der Waals surface area contributed by atoms with E-state index < -0.39 is 0 Å². The number of anilines is 1. The number of amides is 1. The molecule has 124 valence electrons. The van der Waals surface area contributed by atoms with E-state index in [4.69, 9.17) is 4.74 Å². The van der Waals surface area contributed by atoms with Gasteiger partial charge in [0.05, 0.1) is 16.8 Å². The molecule has 1 amide bonds. The first-order chi connectivity index (χ1) is 12.2. The monoisotopic (exact) mass is 348 g/mol. The van der Waals surface area contributed by atoms with Gasteiger partial charge in [0, 0.05) is 18.1 Å². The van der Waals surface area contributed by atoms with Crippen LogP contribution in [-0.4, -0.2) is 18.0 Å². The van der Waals surface area contributed by atoms with Crippen molar-refractivity contribution in [2.24, 2.45) is 0 Å². The molecule has 0 radical (unpaired) electrons. The summed E-state index contributed by atoms with van der Waals surface area (Å²) in [6, 6.07) is 19.6. The lowest BCUT2D eigenvalue weighted by Crippen LogP contribution is -2.11. The highest BCUT2D eigenvalue weighted by atomic mass is 32.1. The molecule has 0 spiro atoms. The van der Waals surface area contributed by atoms with Crippen LogP contribution < -0.4 is 5.32 Å². The van der Waals surface area contributed by atoms with Crippen molar-refractivity contribution < 1.29 is 9.53 Å². The van der Waals surface area contributed by atoms with E-state index in [1.807, 2.05) is 30.3 Å². The number of nitrogens with zero attached hydrogens (tertiary/aromatic N) is 1. The lowest BCUT2D eigenvalue weighted by Gasteiger charge is -2.03. The summed E-state index contributed by atoms with van der Waals surface area (Å²) in [4.78, 5) is 17.1. The average molecular weight is 348 g/mol. The summed E-state index contributed by atoms with van der Waals surface area (Å²) in [7, 11) is 1.65. The maximum Gasteiger partial charge on any atom is 0.257 e. The Balaban J connectivity index is 1.61. The maximum absolute atomic E-state index is 12.4. The van der Waals surface area contributed by atoms with Gasteiger partial charge in [-0.3, -0.25) is 10.1 Å². The Morgan fingerprint density at radius 2 is 1.88 bits per heavy atom. The molecular weight excluding hydrogens is 332 g/mol. The lowest BCUT2D eigenvalue weighted by atomic mass is 10.1. The minimum absolute atomic E-state index is 0.160. The number of carbonyl (C=O) groups excluding carboxylic acids is 1. The van der Waals surface area contributed by atoms with E-state index in [1.165, 1.54) is 11.3 Å². The Kier molecular flexibility index (Phi) is 4.17. The van der Waals surface area contributed by atoms with Gasteiger partial charge >= 0.3 is 0 Å². The summed E-state index contributed by atoms with van der Waals surface area (Å²) in [5.74, 6) is -0.160. The smallest absolute Gasteiger partial charge is 0.257 e. The van der Waals surface area contributed by atoms with Crippen LogP contribution in [0.25, 0.3) is 21.0 Å². The third kappa shape index (κ3) is 3.12. The van der Waals surface area contributed by atoms with E-state index in [0.717, 1.165) is 26.6 Å². The second-order valence-electron chi connectivity index (χ2n) is 5.74. The second kappa shape index (κ2) is 6.63. The van der Waals surface area contributed by atoms with Gasteiger partial charge in [0.15, 0.2) is 5.13 Å². The first kappa shape index (κ1) is 15.7. The van der Waals surface area contributed by atoms with Gasteiger partial charge in [-0.15, -0.1) is 0 Å². The third-order valence-electron chi connectivity index (χ3n) is 4.03. The Morgan fingerprint density at radius 3 is 2.68 bits per heavy atom. The van der Waals surface area contributed by atoms with E-state index in [0.29, 0.717) is 17.3 Å².